The predicted octanol–water partition coefficient (Wildman–Crippen LogP) is 15.1. The first-order valence-electron chi connectivity index (χ1n) is 36.7. The molecule has 2 aliphatic heterocycles. The number of ketones is 1. The summed E-state index contributed by atoms with van der Waals surface area (Å²) in [5, 5.41) is 27.4. The van der Waals surface area contributed by atoms with Crippen molar-refractivity contribution in [3.05, 3.63) is 263 Å². The van der Waals surface area contributed by atoms with Crippen LogP contribution in [0.4, 0.5) is 52.4 Å². The summed E-state index contributed by atoms with van der Waals surface area (Å²) in [6, 6.07) is 45.7. The van der Waals surface area contributed by atoms with Gasteiger partial charge in [0.15, 0.2) is 17.3 Å². The third-order valence-electron chi connectivity index (χ3n) is 18.9. The zero-order chi connectivity index (χ0) is 85.4. The number of carbonyl (C=O) groups is 1. The minimum atomic E-state index is -5.86. The molecule has 2 saturated heterocycles. The number of pyridine rings is 2. The van der Waals surface area contributed by atoms with Crippen LogP contribution >= 0.6 is 12.4 Å². The Morgan fingerprint density at radius 2 is 0.857 bits per heavy atom. The average Bonchev–Trinajstić information content (AvgIpc) is 0.782. The fourth-order valence-corrected chi connectivity index (χ4v) is 13.6. The smallest absolute Gasteiger partial charge is 0.507 e. The molecule has 630 valence electrons. The summed E-state index contributed by atoms with van der Waals surface area (Å²) >= 11 is 0. The lowest BCUT2D eigenvalue weighted by Gasteiger charge is -2.36. The monoisotopic (exact) mass is 1710 g/mol. The Hall–Kier alpha value is -12.0. The Morgan fingerprint density at radius 3 is 1.28 bits per heavy atom. The van der Waals surface area contributed by atoms with Crippen molar-refractivity contribution in [2.45, 2.75) is 64.9 Å². The lowest BCUT2D eigenvalue weighted by Crippen LogP contribution is -2.47. The van der Waals surface area contributed by atoms with E-state index in [2.05, 4.69) is 43.3 Å². The number of aromatic nitrogens is 2. The minimum Gasteiger partial charge on any atom is -0.507 e. The average molecular weight is 1710 g/mol. The van der Waals surface area contributed by atoms with Crippen LogP contribution in [0.2, 0.25) is 0 Å². The number of aromatic hydroxyl groups is 2. The molecule has 0 atom stereocenters. The Balaban J connectivity index is 0.000000168. The topological polar surface area (TPSA) is 342 Å². The first-order chi connectivity index (χ1) is 56.1. The van der Waals surface area contributed by atoms with E-state index >= 15 is 0 Å². The Kier molecular flexibility index (Phi) is 30.5. The highest BCUT2D eigenvalue weighted by molar-refractivity contribution is 7.88. The maximum Gasteiger partial charge on any atom is 0.534 e. The Bertz CT molecular complexity index is 6140. The van der Waals surface area contributed by atoms with Crippen molar-refractivity contribution in [3.63, 3.8) is 0 Å². The molecule has 2 aliphatic rings. The van der Waals surface area contributed by atoms with Gasteiger partial charge in [-0.25, -0.2) is 37.9 Å². The number of nitrogens with two attached hydrogens (primary N) is 1. The van der Waals surface area contributed by atoms with Gasteiger partial charge in [0.25, 0.3) is 0 Å². The summed E-state index contributed by atoms with van der Waals surface area (Å²) in [7, 11) is -11.7. The molecule has 8 heterocycles. The number of alkyl halides is 6. The first-order valence-corrected chi connectivity index (χ1v) is 39.5. The Morgan fingerprint density at radius 1 is 0.487 bits per heavy atom. The second kappa shape index (κ2) is 40.0. The number of nitrogens with zero attached hydrogens (tertiary/aromatic N) is 6. The molecule has 0 radical (unpaired) electrons. The SMILES string of the molecule is CCC(=O)c1ccccc1O.Cc1c(NCCCN2CCN(c3nccc4ccc(F)cc34)CC2)c2ccccc2oc1=O.Cc1c(O)c2ccccc2oc1=O.Cc1c(OS(=O)(=O)C(F)(F)F)c2ccccc2oc1=O.Cc1c(OS(=O)(=O)C(F)(F)F)c2ccccc2oc1=O.Cl.NCCCN1CCN(c2nccc3ccc(F)cc23)CC1. The van der Waals surface area contributed by atoms with Crippen molar-refractivity contribution < 1.29 is 93.0 Å². The molecule has 7 aromatic carbocycles. The van der Waals surface area contributed by atoms with Crippen molar-refractivity contribution in [1.82, 2.24) is 19.8 Å². The number of carbonyl (C=O) groups excluding carboxylic acids is 1. The third-order valence-corrected chi connectivity index (χ3v) is 20.8. The van der Waals surface area contributed by atoms with Gasteiger partial charge in [0.1, 0.15) is 57.1 Å². The van der Waals surface area contributed by atoms with E-state index in [-0.39, 0.29) is 85.6 Å². The van der Waals surface area contributed by atoms with Crippen LogP contribution in [0.5, 0.6) is 23.0 Å². The summed E-state index contributed by atoms with van der Waals surface area (Å²) in [4.78, 5) is 75.7. The standard InChI is InChI=1S/C26H27FN4O2.C16H21FN4.2C11H7F3O5S.C10H8O3.C9H10O2.ClH/c1-18-24(21-5-2-3-6-23(21)33-26(18)32)28-10-4-12-30-13-15-31(16-14-30)25-22-17-20(27)8-7-19(22)9-11-29-25;17-14-3-2-13-4-6-19-16(15(13)12-14)21-10-8-20(9-11-21)7-1-5-18;2*1-6-9(19-20(16,17)11(12,13)14)7-4-2-3-5-8(7)18-10(6)15;1-6-9(11)7-4-2-3-5-8(7)13-10(6)12;1-2-8(10)7-5-3-4-6-9(7)11;/h2-3,5-9,11,17,28H,4,10,12-16H2,1H3;2-4,6,12H,1,5,7-11,18H2;2*2-5H,1H3;2-5,11H,1H3;3-6,11H,2H2,1H3;1H. The van der Waals surface area contributed by atoms with Gasteiger partial charge in [-0.15, -0.1) is 12.4 Å². The molecule has 2 fully saturated rings. The lowest BCUT2D eigenvalue weighted by atomic mass is 10.1. The van der Waals surface area contributed by atoms with Crippen LogP contribution in [0, 0.1) is 39.3 Å². The van der Waals surface area contributed by atoms with Crippen molar-refractivity contribution in [1.29, 1.82) is 0 Å². The molecule has 0 spiro atoms. The van der Waals surface area contributed by atoms with Crippen LogP contribution in [0.25, 0.3) is 65.4 Å². The third kappa shape index (κ3) is 22.4. The van der Waals surface area contributed by atoms with Gasteiger partial charge < -0.3 is 57.1 Å². The number of halogens is 9. The molecule has 6 aromatic heterocycles. The minimum absolute atomic E-state index is 0. The van der Waals surface area contributed by atoms with E-state index in [9.17, 15) is 86.1 Å². The van der Waals surface area contributed by atoms with Gasteiger partial charge in [-0.05, 0) is 168 Å². The lowest BCUT2D eigenvalue weighted by molar-refractivity contribution is -0.0504. The molecule has 13 aromatic rings. The van der Waals surface area contributed by atoms with Crippen molar-refractivity contribution in [2.75, 3.05) is 93.7 Å². The van der Waals surface area contributed by atoms with Gasteiger partial charge in [-0.1, -0.05) is 79.7 Å². The van der Waals surface area contributed by atoms with Crippen LogP contribution in [0.15, 0.2) is 219 Å². The van der Waals surface area contributed by atoms with Gasteiger partial charge in [0, 0.05) is 93.9 Å². The van der Waals surface area contributed by atoms with Crippen molar-refractivity contribution in [2.24, 2.45) is 5.73 Å². The fourth-order valence-electron chi connectivity index (χ4n) is 12.5. The Labute approximate surface area is 681 Å². The number of anilines is 3. The fraction of sp³-hybridized carbons (Fsp3) is 0.265. The molecular weight excluding hydrogens is 1630 g/mol. The molecule has 5 N–H and O–H groups in total. The van der Waals surface area contributed by atoms with E-state index in [0.717, 1.165) is 149 Å². The number of fused-ring (bicyclic) bond motifs is 6. The summed E-state index contributed by atoms with van der Waals surface area (Å²) in [5.74, 6) is -0.0119. The highest BCUT2D eigenvalue weighted by atomic mass is 35.5. The second-order valence-electron chi connectivity index (χ2n) is 26.8. The molecule has 0 amide bonds. The predicted molar refractivity (Wildman–Crippen MR) is 439 cm³/mol. The maximum atomic E-state index is 13.8. The van der Waals surface area contributed by atoms with Crippen LogP contribution in [0.1, 0.15) is 58.8 Å². The largest absolute Gasteiger partial charge is 0.534 e. The van der Waals surface area contributed by atoms with E-state index in [1.165, 1.54) is 73.7 Å². The molecule has 0 saturated carbocycles. The number of phenolic OH excluding ortho intramolecular Hbond substituents is 1. The molecule has 119 heavy (non-hydrogen) atoms. The summed E-state index contributed by atoms with van der Waals surface area (Å²) < 4.78 is 174. The number of para-hydroxylation sites is 5. The van der Waals surface area contributed by atoms with Crippen LogP contribution in [-0.4, -0.2) is 142 Å². The molecule has 0 unspecified atom stereocenters. The van der Waals surface area contributed by atoms with Gasteiger partial charge in [-0.3, -0.25) is 14.6 Å². The summed E-state index contributed by atoms with van der Waals surface area (Å²) in [5.41, 5.74) is -6.08. The highest BCUT2D eigenvalue weighted by Crippen LogP contribution is 2.36. The van der Waals surface area contributed by atoms with E-state index in [0.29, 0.717) is 34.1 Å². The number of nitrogens with one attached hydrogen (secondary N) is 1. The number of benzene rings is 7. The van der Waals surface area contributed by atoms with E-state index in [1.54, 1.807) is 86.9 Å². The van der Waals surface area contributed by atoms with Crippen LogP contribution in [0.3, 0.4) is 0 Å². The molecule has 0 bridgehead atoms. The van der Waals surface area contributed by atoms with Crippen molar-refractivity contribution >= 4 is 121 Å². The number of hydrogen-bond acceptors (Lipinski definition) is 25. The van der Waals surface area contributed by atoms with E-state index in [4.69, 9.17) is 23.4 Å². The number of rotatable bonds is 16. The maximum absolute atomic E-state index is 13.8. The summed E-state index contributed by atoms with van der Waals surface area (Å²) in [6.07, 6.45) is 6.03. The number of phenols is 1. The first kappa shape index (κ1) is 90.9. The van der Waals surface area contributed by atoms with Crippen LogP contribution in [-0.2, 0) is 20.2 Å². The van der Waals surface area contributed by atoms with Crippen molar-refractivity contribution in [3.8, 4) is 23.0 Å². The normalized spacial score (nSPS) is 13.3. The quantitative estimate of drug-likeness (QED) is 0.0174. The number of Topliss-reactive ketones (excluding diaryl/α,β-unsaturated/α-hetero) is 1. The zero-order valence-electron chi connectivity index (χ0n) is 64.5. The van der Waals surface area contributed by atoms with Gasteiger partial charge in [-0.2, -0.15) is 43.2 Å². The van der Waals surface area contributed by atoms with E-state index < -0.39 is 59.6 Å². The molecule has 25 nitrogen and oxygen atoms in total. The number of piperazine rings is 2. The van der Waals surface area contributed by atoms with Gasteiger partial charge >= 0.3 is 53.8 Å². The van der Waals surface area contributed by atoms with Crippen LogP contribution < -0.4 is 51.7 Å². The number of hydrogen-bond donors (Lipinski definition) is 4. The summed E-state index contributed by atoms with van der Waals surface area (Å²) in [6.45, 7) is 18.3. The molecule has 15 rings (SSSR count). The molecule has 0 aliphatic carbocycles. The van der Waals surface area contributed by atoms with Gasteiger partial charge in [0.05, 0.1) is 49.7 Å². The molecule has 36 heteroatoms. The molecular formula is C83H81ClF8N8O17S2. The highest BCUT2D eigenvalue weighted by Gasteiger charge is 2.50. The van der Waals surface area contributed by atoms with E-state index in [1.807, 2.05) is 42.5 Å². The second-order valence-corrected chi connectivity index (χ2v) is 29.8. The van der Waals surface area contributed by atoms with Gasteiger partial charge in [0.2, 0.25) is 0 Å². The zero-order valence-corrected chi connectivity index (χ0v) is 66.9.